The average molecular weight is 310 g/mol. The summed E-state index contributed by atoms with van der Waals surface area (Å²) in [5.41, 5.74) is 6.63. The Morgan fingerprint density at radius 2 is 2.10 bits per heavy atom. The van der Waals surface area contributed by atoms with Gasteiger partial charge >= 0.3 is 5.97 Å². The van der Waals surface area contributed by atoms with Crippen LogP contribution in [0.5, 0.6) is 0 Å². The molecule has 6 heteroatoms. The fourth-order valence-corrected chi connectivity index (χ4v) is 3.70. The van der Waals surface area contributed by atoms with E-state index in [-0.39, 0.29) is 11.5 Å². The van der Waals surface area contributed by atoms with E-state index in [0.29, 0.717) is 22.8 Å². The topological polar surface area (TPSA) is 72.6 Å². The van der Waals surface area contributed by atoms with Gasteiger partial charge in [0.2, 0.25) is 0 Å². The van der Waals surface area contributed by atoms with Gasteiger partial charge in [-0.25, -0.2) is 4.79 Å². The number of Topliss-reactive ketones (excluding diaryl/α,β-unsaturated/α-hetero) is 1. The van der Waals surface area contributed by atoms with E-state index in [1.807, 2.05) is 11.9 Å². The van der Waals surface area contributed by atoms with Crippen molar-refractivity contribution in [3.63, 3.8) is 0 Å². The van der Waals surface area contributed by atoms with Crippen LogP contribution >= 0.6 is 11.3 Å². The monoisotopic (exact) mass is 310 g/mol. The Hall–Kier alpha value is -1.56. The van der Waals surface area contributed by atoms with Crippen LogP contribution in [0.15, 0.2) is 0 Å². The predicted octanol–water partition coefficient (Wildman–Crippen LogP) is 2.95. The minimum Gasteiger partial charge on any atom is -0.465 e. The molecule has 116 valence electrons. The molecule has 2 N–H and O–H groups in total. The van der Waals surface area contributed by atoms with Gasteiger partial charge in [-0.2, -0.15) is 0 Å². The Kier molecular flexibility index (Phi) is 4.88. The van der Waals surface area contributed by atoms with Crippen LogP contribution in [0, 0.1) is 5.92 Å². The zero-order chi connectivity index (χ0) is 15.6. The van der Waals surface area contributed by atoms with E-state index >= 15 is 0 Å². The van der Waals surface area contributed by atoms with Gasteiger partial charge in [0, 0.05) is 20.0 Å². The smallest absolute Gasteiger partial charge is 0.343 e. The Morgan fingerprint density at radius 1 is 1.43 bits per heavy atom. The molecular weight excluding hydrogens is 288 g/mol. The van der Waals surface area contributed by atoms with Gasteiger partial charge in [0.1, 0.15) is 10.6 Å². The third-order valence-corrected chi connectivity index (χ3v) is 5.35. The molecule has 1 aromatic heterocycles. The van der Waals surface area contributed by atoms with Crippen LogP contribution in [-0.2, 0) is 4.74 Å². The molecule has 0 aliphatic heterocycles. The lowest BCUT2D eigenvalue weighted by atomic mass is 9.85. The number of esters is 1. The first-order valence-corrected chi connectivity index (χ1v) is 8.06. The van der Waals surface area contributed by atoms with Gasteiger partial charge in [-0.1, -0.05) is 13.3 Å². The van der Waals surface area contributed by atoms with Crippen molar-refractivity contribution < 1.29 is 14.3 Å². The minimum atomic E-state index is -0.477. The van der Waals surface area contributed by atoms with E-state index in [1.165, 1.54) is 37.7 Å². The van der Waals surface area contributed by atoms with Gasteiger partial charge in [-0.3, -0.25) is 4.79 Å². The van der Waals surface area contributed by atoms with Crippen LogP contribution < -0.4 is 10.6 Å². The first-order valence-electron chi connectivity index (χ1n) is 7.24. The van der Waals surface area contributed by atoms with Crippen LogP contribution in [0.25, 0.3) is 0 Å². The summed E-state index contributed by atoms with van der Waals surface area (Å²) < 4.78 is 4.83. The molecule has 0 spiro atoms. The number of hydrogen-bond acceptors (Lipinski definition) is 6. The van der Waals surface area contributed by atoms with Crippen molar-refractivity contribution in [1.82, 2.24) is 0 Å². The Labute approximate surface area is 129 Å². The number of rotatable bonds is 6. The molecule has 1 aromatic rings. The maximum atomic E-state index is 12.0. The second-order valence-corrected chi connectivity index (χ2v) is 6.47. The first kappa shape index (κ1) is 15.8. The highest BCUT2D eigenvalue weighted by atomic mass is 32.1. The molecule has 0 unspecified atom stereocenters. The summed E-state index contributed by atoms with van der Waals surface area (Å²) in [5.74, 6) is 0.148. The Morgan fingerprint density at radius 3 is 2.57 bits per heavy atom. The van der Waals surface area contributed by atoms with E-state index < -0.39 is 5.97 Å². The van der Waals surface area contributed by atoms with Crippen molar-refractivity contribution in [2.45, 2.75) is 32.6 Å². The molecule has 2 rings (SSSR count). The molecule has 1 heterocycles. The van der Waals surface area contributed by atoms with Crippen molar-refractivity contribution >= 4 is 33.8 Å². The van der Waals surface area contributed by atoms with Crippen LogP contribution in [0.3, 0.4) is 0 Å². The van der Waals surface area contributed by atoms with Crippen molar-refractivity contribution in [2.24, 2.45) is 5.92 Å². The lowest BCUT2D eigenvalue weighted by Gasteiger charge is -2.30. The molecule has 0 amide bonds. The number of thiophene rings is 1. The molecule has 1 saturated carbocycles. The number of ketones is 1. The second kappa shape index (κ2) is 6.47. The van der Waals surface area contributed by atoms with Gasteiger partial charge in [-0.05, 0) is 18.8 Å². The summed E-state index contributed by atoms with van der Waals surface area (Å²) in [6, 6.07) is 0. The molecule has 0 radical (unpaired) electrons. The number of ether oxygens (including phenoxy) is 1. The highest BCUT2D eigenvalue weighted by molar-refractivity contribution is 7.19. The number of anilines is 2. The van der Waals surface area contributed by atoms with Crippen LogP contribution in [0.2, 0.25) is 0 Å². The van der Waals surface area contributed by atoms with E-state index in [9.17, 15) is 9.59 Å². The summed E-state index contributed by atoms with van der Waals surface area (Å²) in [6.07, 6.45) is 4.09. The highest BCUT2D eigenvalue weighted by Crippen LogP contribution is 2.40. The number of carbonyl (C=O) groups excluding carboxylic acids is 2. The van der Waals surface area contributed by atoms with Gasteiger partial charge in [0.25, 0.3) is 0 Å². The second-order valence-electron chi connectivity index (χ2n) is 5.47. The first-order chi connectivity index (χ1) is 9.99. The Balaban J connectivity index is 2.36. The molecule has 0 saturated heterocycles. The minimum absolute atomic E-state index is 0.0362. The number of nitrogen functional groups attached to an aromatic ring is 1. The van der Waals surface area contributed by atoms with E-state index in [2.05, 4.69) is 0 Å². The van der Waals surface area contributed by atoms with Gasteiger partial charge in [0.05, 0.1) is 17.7 Å². The van der Waals surface area contributed by atoms with E-state index in [1.54, 1.807) is 6.92 Å². The fourth-order valence-electron chi connectivity index (χ4n) is 2.51. The predicted molar refractivity (Wildman–Crippen MR) is 85.3 cm³/mol. The highest BCUT2D eigenvalue weighted by Gasteiger charge is 2.29. The molecular formula is C15H22N2O3S. The SMILES string of the molecule is CCC(=O)c1sc(N(C)CC2CCC2)c(C(=O)OC)c1N. The third-order valence-electron chi connectivity index (χ3n) is 3.99. The molecule has 0 atom stereocenters. The molecule has 1 fully saturated rings. The molecule has 0 aromatic carbocycles. The summed E-state index contributed by atoms with van der Waals surface area (Å²) in [5, 5.41) is 0.739. The van der Waals surface area contributed by atoms with Crippen LogP contribution in [0.1, 0.15) is 52.6 Å². The number of hydrogen-bond donors (Lipinski definition) is 1. The maximum absolute atomic E-state index is 12.0. The summed E-state index contributed by atoms with van der Waals surface area (Å²) in [7, 11) is 3.27. The Bertz CT molecular complexity index is 549. The lowest BCUT2D eigenvalue weighted by molar-refractivity contribution is 0.0603. The molecule has 21 heavy (non-hydrogen) atoms. The van der Waals surface area contributed by atoms with E-state index in [4.69, 9.17) is 10.5 Å². The van der Waals surface area contributed by atoms with Crippen molar-refractivity contribution in [2.75, 3.05) is 31.3 Å². The number of nitrogens with two attached hydrogens (primary N) is 1. The van der Waals surface area contributed by atoms with Gasteiger partial charge in [-0.15, -0.1) is 11.3 Å². The van der Waals surface area contributed by atoms with Crippen LogP contribution in [0.4, 0.5) is 10.7 Å². The third kappa shape index (κ3) is 3.05. The van der Waals surface area contributed by atoms with Crippen LogP contribution in [-0.4, -0.2) is 32.5 Å². The molecule has 5 nitrogen and oxygen atoms in total. The maximum Gasteiger partial charge on any atom is 0.343 e. The number of methoxy groups -OCH3 is 1. The van der Waals surface area contributed by atoms with Crippen molar-refractivity contribution in [3.05, 3.63) is 10.4 Å². The van der Waals surface area contributed by atoms with Gasteiger partial charge < -0.3 is 15.4 Å². The van der Waals surface area contributed by atoms with E-state index in [0.717, 1.165) is 11.5 Å². The largest absolute Gasteiger partial charge is 0.465 e. The molecule has 1 aliphatic carbocycles. The zero-order valence-corrected chi connectivity index (χ0v) is 13.6. The fraction of sp³-hybridized carbons (Fsp3) is 0.600. The molecule has 1 aliphatic rings. The normalized spacial score (nSPS) is 14.6. The van der Waals surface area contributed by atoms with Crippen molar-refractivity contribution in [3.8, 4) is 0 Å². The zero-order valence-electron chi connectivity index (χ0n) is 12.8. The summed E-state index contributed by atoms with van der Waals surface area (Å²) >= 11 is 1.30. The average Bonchev–Trinajstić information content (AvgIpc) is 2.78. The van der Waals surface area contributed by atoms with Gasteiger partial charge in [0.15, 0.2) is 5.78 Å². The van der Waals surface area contributed by atoms with Crippen molar-refractivity contribution in [1.29, 1.82) is 0 Å². The number of carbonyl (C=O) groups is 2. The lowest BCUT2D eigenvalue weighted by Crippen LogP contribution is -2.29. The standard InChI is InChI=1S/C15H22N2O3S/c1-4-10(18)13-12(16)11(15(19)20-3)14(21-13)17(2)8-9-6-5-7-9/h9H,4-8,16H2,1-3H3. The molecule has 0 bridgehead atoms. The summed E-state index contributed by atoms with van der Waals surface area (Å²) in [6.45, 7) is 2.67. The summed E-state index contributed by atoms with van der Waals surface area (Å²) in [4.78, 5) is 26.5. The quantitative estimate of drug-likeness (QED) is 0.646. The number of nitrogens with zero attached hydrogens (tertiary/aromatic N) is 1.